The fraction of sp³-hybridized carbons (Fsp3) is 0.385. The second-order valence-electron chi connectivity index (χ2n) is 4.34. The molecule has 0 saturated carbocycles. The van der Waals surface area contributed by atoms with Crippen molar-refractivity contribution in [3.63, 3.8) is 0 Å². The first-order chi connectivity index (χ1) is 9.87. The van der Waals surface area contributed by atoms with Crippen LogP contribution in [0.4, 0.5) is 30.7 Å². The largest absolute Gasteiger partial charge is 0.419 e. The third kappa shape index (κ3) is 4.43. The Morgan fingerprint density at radius 3 is 1.77 bits per heavy atom. The highest BCUT2D eigenvalue weighted by molar-refractivity contribution is 6.36. The van der Waals surface area contributed by atoms with E-state index in [1.54, 1.807) is 0 Å². The highest BCUT2D eigenvalue weighted by atomic mass is 35.5. The van der Waals surface area contributed by atoms with Gasteiger partial charge in [0.1, 0.15) is 0 Å². The van der Waals surface area contributed by atoms with Crippen LogP contribution in [0.1, 0.15) is 23.5 Å². The topological polar surface area (TPSA) is 0 Å². The highest BCUT2D eigenvalue weighted by Crippen LogP contribution is 2.43. The molecular weight excluding hydrogens is 360 g/mol. The van der Waals surface area contributed by atoms with Crippen molar-refractivity contribution in [1.82, 2.24) is 0 Å². The van der Waals surface area contributed by atoms with Crippen molar-refractivity contribution >= 4 is 23.2 Å². The van der Waals surface area contributed by atoms with E-state index in [-0.39, 0.29) is 15.6 Å². The van der Waals surface area contributed by atoms with Gasteiger partial charge in [-0.25, -0.2) is 4.39 Å². The molecule has 22 heavy (non-hydrogen) atoms. The predicted molar refractivity (Wildman–Crippen MR) is 68.8 cm³/mol. The summed E-state index contributed by atoms with van der Waals surface area (Å²) in [7, 11) is 0. The van der Waals surface area contributed by atoms with Crippen LogP contribution in [0.25, 0.3) is 0 Å². The van der Waals surface area contributed by atoms with E-state index >= 15 is 0 Å². The van der Waals surface area contributed by atoms with E-state index in [4.69, 9.17) is 29.6 Å². The number of benzene rings is 1. The van der Waals surface area contributed by atoms with Gasteiger partial charge >= 0.3 is 12.4 Å². The van der Waals surface area contributed by atoms with Crippen LogP contribution < -0.4 is 0 Å². The van der Waals surface area contributed by atoms with E-state index in [1.807, 2.05) is 5.92 Å². The second kappa shape index (κ2) is 6.55. The smallest absolute Gasteiger partial charge is 0.237 e. The summed E-state index contributed by atoms with van der Waals surface area (Å²) in [6.45, 7) is 0. The third-order valence-electron chi connectivity index (χ3n) is 2.80. The summed E-state index contributed by atoms with van der Waals surface area (Å²) in [6.07, 6.45) is -10.9. The highest BCUT2D eigenvalue weighted by Gasteiger charge is 2.49. The van der Waals surface area contributed by atoms with Crippen molar-refractivity contribution in [3.8, 4) is 12.3 Å². The molecule has 0 aliphatic rings. The second-order valence-corrected chi connectivity index (χ2v) is 5.16. The molecule has 0 heterocycles. The Morgan fingerprint density at radius 2 is 1.45 bits per heavy atom. The number of hydrogen-bond acceptors (Lipinski definition) is 0. The first-order valence-corrected chi connectivity index (χ1v) is 6.36. The lowest BCUT2D eigenvalue weighted by Crippen LogP contribution is -2.31. The van der Waals surface area contributed by atoms with Crippen molar-refractivity contribution in [2.75, 3.05) is 0 Å². The summed E-state index contributed by atoms with van der Waals surface area (Å²) in [4.78, 5) is 0. The minimum absolute atomic E-state index is 0.0966. The number of halogens is 9. The SMILES string of the molecule is C#Cc1c(Cl)cc(C(CC(F)C(F)(F)F)C(F)(F)F)cc1Cl. The van der Waals surface area contributed by atoms with Crippen LogP contribution in [0.2, 0.25) is 10.0 Å². The van der Waals surface area contributed by atoms with Gasteiger partial charge < -0.3 is 0 Å². The van der Waals surface area contributed by atoms with Crippen LogP contribution in [-0.2, 0) is 0 Å². The van der Waals surface area contributed by atoms with Gasteiger partial charge in [-0.15, -0.1) is 6.42 Å². The minimum Gasteiger partial charge on any atom is -0.237 e. The van der Waals surface area contributed by atoms with E-state index in [9.17, 15) is 30.7 Å². The zero-order valence-electron chi connectivity index (χ0n) is 10.5. The lowest BCUT2D eigenvalue weighted by molar-refractivity contribution is -0.200. The number of rotatable bonds is 3. The molecule has 0 amide bonds. The monoisotopic (exact) mass is 366 g/mol. The fourth-order valence-electron chi connectivity index (χ4n) is 1.73. The lowest BCUT2D eigenvalue weighted by Gasteiger charge is -2.24. The lowest BCUT2D eigenvalue weighted by atomic mass is 9.92. The normalized spacial score (nSPS) is 15.3. The molecule has 2 atom stereocenters. The van der Waals surface area contributed by atoms with Crippen molar-refractivity contribution in [1.29, 1.82) is 0 Å². The van der Waals surface area contributed by atoms with E-state index in [0.29, 0.717) is 0 Å². The van der Waals surface area contributed by atoms with Gasteiger partial charge in [0.05, 0.1) is 21.5 Å². The van der Waals surface area contributed by atoms with E-state index < -0.39 is 36.4 Å². The summed E-state index contributed by atoms with van der Waals surface area (Å²) in [6, 6.07) is 1.48. The summed E-state index contributed by atoms with van der Waals surface area (Å²) in [5.41, 5.74) is -0.783. The maximum atomic E-state index is 13.0. The first-order valence-electron chi connectivity index (χ1n) is 5.61. The molecule has 0 aromatic heterocycles. The average molecular weight is 367 g/mol. The van der Waals surface area contributed by atoms with Gasteiger partial charge in [0.25, 0.3) is 0 Å². The third-order valence-corrected chi connectivity index (χ3v) is 3.40. The standard InChI is InChI=1S/C13H7Cl2F7/c1-2-7-9(14)3-6(4-10(7)15)8(12(17,18)19)5-11(16)13(20,21)22/h1,3-4,8,11H,5H2. The molecule has 0 saturated heterocycles. The van der Waals surface area contributed by atoms with Gasteiger partial charge in [-0.1, -0.05) is 29.1 Å². The van der Waals surface area contributed by atoms with E-state index in [0.717, 1.165) is 12.1 Å². The van der Waals surface area contributed by atoms with Crippen molar-refractivity contribution in [2.24, 2.45) is 0 Å². The molecule has 1 rings (SSSR count). The molecule has 2 unspecified atom stereocenters. The van der Waals surface area contributed by atoms with Crippen LogP contribution in [0.15, 0.2) is 12.1 Å². The van der Waals surface area contributed by atoms with Gasteiger partial charge in [-0.2, -0.15) is 26.3 Å². The van der Waals surface area contributed by atoms with Crippen molar-refractivity contribution in [3.05, 3.63) is 33.3 Å². The number of alkyl halides is 7. The summed E-state index contributed by atoms with van der Waals surface area (Å²) < 4.78 is 88.3. The number of hydrogen-bond donors (Lipinski definition) is 0. The van der Waals surface area contributed by atoms with Crippen molar-refractivity contribution < 1.29 is 30.7 Å². The molecule has 0 spiro atoms. The van der Waals surface area contributed by atoms with Gasteiger partial charge in [0.15, 0.2) is 6.17 Å². The Morgan fingerprint density at radius 1 is 1.00 bits per heavy atom. The molecule has 0 fully saturated rings. The zero-order chi connectivity index (χ0) is 17.3. The molecule has 0 bridgehead atoms. The van der Waals surface area contributed by atoms with Gasteiger partial charge in [0, 0.05) is 6.42 Å². The Labute approximate surface area is 131 Å². The maximum absolute atomic E-state index is 13.0. The minimum atomic E-state index is -5.39. The van der Waals surface area contributed by atoms with Crippen LogP contribution in [-0.4, -0.2) is 18.5 Å². The van der Waals surface area contributed by atoms with E-state index in [2.05, 4.69) is 0 Å². The molecule has 0 radical (unpaired) electrons. The Hall–Kier alpha value is -1.13. The Balaban J connectivity index is 3.29. The Bertz CT molecular complexity index is 561. The predicted octanol–water partition coefficient (Wildman–Crippen LogP) is 5.91. The first kappa shape index (κ1) is 18.9. The van der Waals surface area contributed by atoms with Crippen LogP contribution in [0.3, 0.4) is 0 Å². The molecule has 0 aliphatic carbocycles. The zero-order valence-corrected chi connectivity index (χ0v) is 12.0. The summed E-state index contributed by atoms with van der Waals surface area (Å²) in [5.74, 6) is -0.682. The molecule has 0 N–H and O–H groups in total. The molecule has 9 heteroatoms. The van der Waals surface area contributed by atoms with Crippen LogP contribution >= 0.6 is 23.2 Å². The number of terminal acetylenes is 1. The van der Waals surface area contributed by atoms with Crippen molar-refractivity contribution in [2.45, 2.75) is 30.9 Å². The molecular formula is C13H7Cl2F7. The average Bonchev–Trinajstić information content (AvgIpc) is 2.32. The fourth-order valence-corrected chi connectivity index (χ4v) is 2.34. The van der Waals surface area contributed by atoms with Gasteiger partial charge in [0.2, 0.25) is 0 Å². The quantitative estimate of drug-likeness (QED) is 0.460. The molecule has 0 aliphatic heterocycles. The Kier molecular flexibility index (Phi) is 5.63. The van der Waals surface area contributed by atoms with Gasteiger partial charge in [-0.3, -0.25) is 0 Å². The van der Waals surface area contributed by atoms with Crippen LogP contribution in [0, 0.1) is 12.3 Å². The molecule has 1 aromatic carbocycles. The molecule has 1 aromatic rings. The summed E-state index contributed by atoms with van der Waals surface area (Å²) >= 11 is 11.3. The van der Waals surface area contributed by atoms with Crippen LogP contribution in [0.5, 0.6) is 0 Å². The molecule has 0 nitrogen and oxygen atoms in total. The maximum Gasteiger partial charge on any atom is 0.419 e. The van der Waals surface area contributed by atoms with Gasteiger partial charge in [-0.05, 0) is 17.7 Å². The molecule has 122 valence electrons. The summed E-state index contributed by atoms with van der Waals surface area (Å²) in [5, 5.41) is -0.664. The van der Waals surface area contributed by atoms with E-state index in [1.165, 1.54) is 0 Å².